The Morgan fingerprint density at radius 2 is 2.12 bits per heavy atom. The molecule has 0 spiro atoms. The molecule has 1 N–H and O–H groups in total. The molecule has 0 aliphatic carbocycles. The van der Waals surface area contributed by atoms with Gasteiger partial charge in [0.2, 0.25) is 0 Å². The van der Waals surface area contributed by atoms with E-state index in [1.165, 1.54) is 0 Å². The minimum Gasteiger partial charge on any atom is -0.504 e. The van der Waals surface area contributed by atoms with Crippen molar-refractivity contribution in [2.45, 2.75) is 32.9 Å². The summed E-state index contributed by atoms with van der Waals surface area (Å²) in [7, 11) is 3.65. The number of nitrogens with zero attached hydrogens (tertiary/aromatic N) is 1. The van der Waals surface area contributed by atoms with Gasteiger partial charge in [0.05, 0.1) is 7.11 Å². The van der Waals surface area contributed by atoms with Crippen molar-refractivity contribution in [3.05, 3.63) is 23.8 Å². The van der Waals surface area contributed by atoms with Gasteiger partial charge >= 0.3 is 0 Å². The van der Waals surface area contributed by atoms with Gasteiger partial charge in [-0.2, -0.15) is 0 Å². The van der Waals surface area contributed by atoms with Gasteiger partial charge in [0.1, 0.15) is 0 Å². The zero-order valence-electron chi connectivity index (χ0n) is 10.5. The van der Waals surface area contributed by atoms with Crippen molar-refractivity contribution in [1.29, 1.82) is 0 Å². The van der Waals surface area contributed by atoms with Gasteiger partial charge in [-0.3, -0.25) is 4.90 Å². The van der Waals surface area contributed by atoms with Crippen LogP contribution >= 0.6 is 0 Å². The zero-order valence-corrected chi connectivity index (χ0v) is 10.5. The average molecular weight is 223 g/mol. The Morgan fingerprint density at radius 3 is 2.62 bits per heavy atom. The normalized spacial score (nSPS) is 12.8. The summed E-state index contributed by atoms with van der Waals surface area (Å²) >= 11 is 0. The number of hydrogen-bond donors (Lipinski definition) is 1. The van der Waals surface area contributed by atoms with Crippen molar-refractivity contribution in [2.24, 2.45) is 0 Å². The largest absolute Gasteiger partial charge is 0.504 e. The Morgan fingerprint density at radius 1 is 1.44 bits per heavy atom. The summed E-state index contributed by atoms with van der Waals surface area (Å²) in [6.07, 6.45) is 1.12. The van der Waals surface area contributed by atoms with Gasteiger partial charge in [-0.05, 0) is 38.1 Å². The highest BCUT2D eigenvalue weighted by atomic mass is 16.5. The summed E-state index contributed by atoms with van der Waals surface area (Å²) in [6.45, 7) is 5.21. The molecule has 3 nitrogen and oxygen atoms in total. The predicted octanol–water partition coefficient (Wildman–Crippen LogP) is 2.63. The quantitative estimate of drug-likeness (QED) is 0.833. The SMILES string of the molecule is CCC(C)N(C)Cc1ccc(OC)c(O)c1. The first kappa shape index (κ1) is 12.8. The average Bonchev–Trinajstić information content (AvgIpc) is 2.28. The van der Waals surface area contributed by atoms with Gasteiger partial charge in [-0.15, -0.1) is 0 Å². The van der Waals surface area contributed by atoms with Crippen molar-refractivity contribution in [3.63, 3.8) is 0 Å². The van der Waals surface area contributed by atoms with Crippen LogP contribution in [-0.2, 0) is 6.54 Å². The second-order valence-corrected chi connectivity index (χ2v) is 4.18. The maximum Gasteiger partial charge on any atom is 0.160 e. The first-order chi connectivity index (χ1) is 7.58. The Hall–Kier alpha value is -1.22. The van der Waals surface area contributed by atoms with Crippen LogP contribution in [0, 0.1) is 0 Å². The van der Waals surface area contributed by atoms with Crippen molar-refractivity contribution in [1.82, 2.24) is 4.90 Å². The molecule has 0 aliphatic rings. The monoisotopic (exact) mass is 223 g/mol. The first-order valence-corrected chi connectivity index (χ1v) is 5.64. The maximum atomic E-state index is 9.66. The van der Waals surface area contributed by atoms with Crippen LogP contribution in [0.2, 0.25) is 0 Å². The fourth-order valence-corrected chi connectivity index (χ4v) is 1.59. The molecule has 1 atom stereocenters. The number of hydrogen-bond acceptors (Lipinski definition) is 3. The van der Waals surface area contributed by atoms with Gasteiger partial charge in [-0.25, -0.2) is 0 Å². The van der Waals surface area contributed by atoms with Crippen molar-refractivity contribution < 1.29 is 9.84 Å². The maximum absolute atomic E-state index is 9.66. The lowest BCUT2D eigenvalue weighted by Crippen LogP contribution is -2.27. The van der Waals surface area contributed by atoms with Crippen LogP contribution in [0.1, 0.15) is 25.8 Å². The number of ether oxygens (including phenoxy) is 1. The molecule has 1 aromatic rings. The summed E-state index contributed by atoms with van der Waals surface area (Å²) in [5.41, 5.74) is 1.10. The van der Waals surface area contributed by atoms with E-state index in [-0.39, 0.29) is 5.75 Å². The lowest BCUT2D eigenvalue weighted by molar-refractivity contribution is 0.243. The highest BCUT2D eigenvalue weighted by molar-refractivity contribution is 5.41. The van der Waals surface area contributed by atoms with E-state index < -0.39 is 0 Å². The number of aromatic hydroxyl groups is 1. The van der Waals surface area contributed by atoms with Gasteiger partial charge in [0, 0.05) is 12.6 Å². The Balaban J connectivity index is 2.71. The van der Waals surface area contributed by atoms with E-state index in [2.05, 4.69) is 25.8 Å². The van der Waals surface area contributed by atoms with Crippen LogP contribution in [0.3, 0.4) is 0 Å². The third kappa shape index (κ3) is 3.14. The third-order valence-electron chi connectivity index (χ3n) is 3.02. The first-order valence-electron chi connectivity index (χ1n) is 5.64. The molecule has 0 saturated carbocycles. The molecule has 0 amide bonds. The van der Waals surface area contributed by atoms with Crippen LogP contribution in [0.25, 0.3) is 0 Å². The molecule has 0 radical (unpaired) electrons. The van der Waals surface area contributed by atoms with Crippen LogP contribution in [0.15, 0.2) is 18.2 Å². The smallest absolute Gasteiger partial charge is 0.160 e. The molecule has 16 heavy (non-hydrogen) atoms. The highest BCUT2D eigenvalue weighted by Gasteiger charge is 2.09. The Kier molecular flexibility index (Phi) is 4.62. The molecule has 90 valence electrons. The third-order valence-corrected chi connectivity index (χ3v) is 3.02. The second-order valence-electron chi connectivity index (χ2n) is 4.18. The number of rotatable bonds is 5. The van der Waals surface area contributed by atoms with E-state index in [1.54, 1.807) is 19.2 Å². The van der Waals surface area contributed by atoms with Gasteiger partial charge in [0.15, 0.2) is 11.5 Å². The molecule has 0 fully saturated rings. The van der Waals surface area contributed by atoms with Gasteiger partial charge in [-0.1, -0.05) is 13.0 Å². The molecule has 0 saturated heterocycles. The molecule has 0 bridgehead atoms. The minimum absolute atomic E-state index is 0.206. The van der Waals surface area contributed by atoms with E-state index in [1.807, 2.05) is 6.07 Å². The van der Waals surface area contributed by atoms with E-state index >= 15 is 0 Å². The van der Waals surface area contributed by atoms with Crippen LogP contribution in [0.4, 0.5) is 0 Å². The van der Waals surface area contributed by atoms with Crippen LogP contribution in [-0.4, -0.2) is 30.2 Å². The molecular weight excluding hydrogens is 202 g/mol. The summed E-state index contributed by atoms with van der Waals surface area (Å²) < 4.78 is 5.01. The fourth-order valence-electron chi connectivity index (χ4n) is 1.59. The Bertz CT molecular complexity index is 339. The van der Waals surface area contributed by atoms with E-state index in [4.69, 9.17) is 4.74 Å². The molecule has 3 heteroatoms. The van der Waals surface area contributed by atoms with Crippen LogP contribution < -0.4 is 4.74 Å². The molecule has 1 aromatic carbocycles. The van der Waals surface area contributed by atoms with Gasteiger partial charge in [0.25, 0.3) is 0 Å². The van der Waals surface area contributed by atoms with Crippen molar-refractivity contribution >= 4 is 0 Å². The number of benzene rings is 1. The summed E-state index contributed by atoms with van der Waals surface area (Å²) in [5, 5.41) is 9.66. The molecule has 0 heterocycles. The lowest BCUT2D eigenvalue weighted by atomic mass is 10.1. The number of methoxy groups -OCH3 is 1. The Labute approximate surface area is 97.7 Å². The number of phenolic OH excluding ortho intramolecular Hbond substituents is 1. The molecular formula is C13H21NO2. The van der Waals surface area contributed by atoms with Gasteiger partial charge < -0.3 is 9.84 Å². The summed E-state index contributed by atoms with van der Waals surface area (Å²) in [5.74, 6) is 0.729. The van der Waals surface area contributed by atoms with Crippen molar-refractivity contribution in [2.75, 3.05) is 14.2 Å². The lowest BCUT2D eigenvalue weighted by Gasteiger charge is -2.23. The summed E-state index contributed by atoms with van der Waals surface area (Å²) in [6, 6.07) is 6.09. The van der Waals surface area contributed by atoms with E-state index in [0.29, 0.717) is 11.8 Å². The summed E-state index contributed by atoms with van der Waals surface area (Å²) in [4.78, 5) is 2.27. The van der Waals surface area contributed by atoms with Crippen LogP contribution in [0.5, 0.6) is 11.5 Å². The van der Waals surface area contributed by atoms with E-state index in [0.717, 1.165) is 18.5 Å². The highest BCUT2D eigenvalue weighted by Crippen LogP contribution is 2.26. The molecule has 0 aromatic heterocycles. The fraction of sp³-hybridized carbons (Fsp3) is 0.538. The molecule has 1 rings (SSSR count). The predicted molar refractivity (Wildman–Crippen MR) is 65.9 cm³/mol. The standard InChI is InChI=1S/C13H21NO2/c1-5-10(2)14(3)9-11-6-7-13(16-4)12(15)8-11/h6-8,10,15H,5,9H2,1-4H3. The zero-order chi connectivity index (χ0) is 12.1. The number of phenols is 1. The molecule has 0 aliphatic heterocycles. The van der Waals surface area contributed by atoms with E-state index in [9.17, 15) is 5.11 Å². The second kappa shape index (κ2) is 5.75. The topological polar surface area (TPSA) is 32.7 Å². The molecule has 1 unspecified atom stereocenters. The minimum atomic E-state index is 0.206. The van der Waals surface area contributed by atoms with Crippen molar-refractivity contribution in [3.8, 4) is 11.5 Å².